The molecule has 0 saturated heterocycles. The SMILES string of the molecule is Cc1occc1-c1nnc(SC[C@H](O)CO[C@@H](C)c2ccc(Cl)cc2)n1C. The first-order valence-electron chi connectivity index (χ1n) is 8.57. The average Bonchev–Trinajstić information content (AvgIpc) is 3.23. The summed E-state index contributed by atoms with van der Waals surface area (Å²) in [6.07, 6.45) is 0.905. The second-order valence-electron chi connectivity index (χ2n) is 6.25. The standard InChI is InChI=1S/C19H22ClN3O3S/c1-12(14-4-6-15(20)7-5-14)26-10-16(24)11-27-19-22-21-18(23(19)3)17-8-9-25-13(17)2/h4-9,12,16,24H,10-11H2,1-3H3/t12-,16+/m0/s1. The highest BCUT2D eigenvalue weighted by molar-refractivity contribution is 7.99. The third-order valence-electron chi connectivity index (χ3n) is 4.22. The summed E-state index contributed by atoms with van der Waals surface area (Å²) in [7, 11) is 1.90. The Hall–Kier alpha value is -1.80. The first-order valence-corrected chi connectivity index (χ1v) is 9.94. The lowest BCUT2D eigenvalue weighted by molar-refractivity contribution is 0.00621. The van der Waals surface area contributed by atoms with E-state index in [2.05, 4.69) is 10.2 Å². The van der Waals surface area contributed by atoms with E-state index in [-0.39, 0.29) is 12.7 Å². The number of aryl methyl sites for hydroxylation is 1. The van der Waals surface area contributed by atoms with E-state index in [1.165, 1.54) is 11.8 Å². The fourth-order valence-electron chi connectivity index (χ4n) is 2.60. The van der Waals surface area contributed by atoms with Crippen LogP contribution in [0.3, 0.4) is 0 Å². The Balaban J connectivity index is 1.51. The van der Waals surface area contributed by atoms with Crippen LogP contribution in [0.1, 0.15) is 24.4 Å². The van der Waals surface area contributed by atoms with Gasteiger partial charge in [0.15, 0.2) is 11.0 Å². The van der Waals surface area contributed by atoms with Crippen LogP contribution in [-0.2, 0) is 11.8 Å². The molecule has 0 aliphatic rings. The first-order chi connectivity index (χ1) is 13.0. The summed E-state index contributed by atoms with van der Waals surface area (Å²) >= 11 is 7.34. The van der Waals surface area contributed by atoms with Crippen molar-refractivity contribution in [1.82, 2.24) is 14.8 Å². The molecule has 0 aliphatic heterocycles. The molecule has 27 heavy (non-hydrogen) atoms. The highest BCUT2D eigenvalue weighted by atomic mass is 35.5. The van der Waals surface area contributed by atoms with Gasteiger partial charge in [-0.3, -0.25) is 0 Å². The van der Waals surface area contributed by atoms with Crippen molar-refractivity contribution in [2.75, 3.05) is 12.4 Å². The molecule has 0 unspecified atom stereocenters. The van der Waals surface area contributed by atoms with Crippen LogP contribution in [-0.4, -0.2) is 38.3 Å². The second kappa shape index (κ2) is 8.93. The number of furan rings is 1. The molecule has 0 saturated carbocycles. The molecule has 0 bridgehead atoms. The normalized spacial score (nSPS) is 13.7. The van der Waals surface area contributed by atoms with Crippen molar-refractivity contribution in [2.24, 2.45) is 7.05 Å². The number of hydrogen-bond donors (Lipinski definition) is 1. The van der Waals surface area contributed by atoms with Gasteiger partial charge in [0.05, 0.1) is 30.6 Å². The van der Waals surface area contributed by atoms with Crippen LogP contribution in [0.25, 0.3) is 11.4 Å². The predicted octanol–water partition coefficient (Wildman–Crippen LogP) is 4.27. The van der Waals surface area contributed by atoms with Gasteiger partial charge in [-0.25, -0.2) is 0 Å². The van der Waals surface area contributed by atoms with Crippen LogP contribution in [0.4, 0.5) is 0 Å². The molecule has 2 atom stereocenters. The van der Waals surface area contributed by atoms with Gasteiger partial charge in [-0.2, -0.15) is 0 Å². The van der Waals surface area contributed by atoms with Crippen molar-refractivity contribution in [3.8, 4) is 11.4 Å². The van der Waals surface area contributed by atoms with E-state index in [1.807, 2.05) is 55.8 Å². The van der Waals surface area contributed by atoms with Crippen molar-refractivity contribution >= 4 is 23.4 Å². The number of ether oxygens (including phenoxy) is 1. The van der Waals surface area contributed by atoms with E-state index in [9.17, 15) is 5.11 Å². The van der Waals surface area contributed by atoms with Gasteiger partial charge < -0.3 is 18.8 Å². The van der Waals surface area contributed by atoms with Gasteiger partial charge in [0.1, 0.15) is 5.76 Å². The summed E-state index contributed by atoms with van der Waals surface area (Å²) in [5.41, 5.74) is 1.94. The van der Waals surface area contributed by atoms with E-state index in [4.69, 9.17) is 20.8 Å². The van der Waals surface area contributed by atoms with Gasteiger partial charge in [0.25, 0.3) is 0 Å². The van der Waals surface area contributed by atoms with Crippen LogP contribution in [0.5, 0.6) is 0 Å². The summed E-state index contributed by atoms with van der Waals surface area (Å²) < 4.78 is 13.0. The smallest absolute Gasteiger partial charge is 0.191 e. The maximum atomic E-state index is 10.2. The zero-order valence-electron chi connectivity index (χ0n) is 15.4. The Morgan fingerprint density at radius 2 is 2.00 bits per heavy atom. The molecular formula is C19H22ClN3O3S. The number of aliphatic hydroxyl groups is 1. The van der Waals surface area contributed by atoms with Gasteiger partial charge in [-0.05, 0) is 37.6 Å². The first kappa shape index (κ1) is 19.9. The molecule has 144 valence electrons. The monoisotopic (exact) mass is 407 g/mol. The van der Waals surface area contributed by atoms with Crippen LogP contribution in [0.2, 0.25) is 5.02 Å². The lowest BCUT2D eigenvalue weighted by Gasteiger charge is -2.16. The number of benzene rings is 1. The highest BCUT2D eigenvalue weighted by Gasteiger charge is 2.16. The number of rotatable bonds is 8. The molecule has 1 aromatic carbocycles. The largest absolute Gasteiger partial charge is 0.469 e. The fourth-order valence-corrected chi connectivity index (χ4v) is 3.54. The Labute approximate surface area is 167 Å². The summed E-state index contributed by atoms with van der Waals surface area (Å²) in [4.78, 5) is 0. The maximum Gasteiger partial charge on any atom is 0.191 e. The van der Waals surface area contributed by atoms with Gasteiger partial charge in [-0.1, -0.05) is 35.5 Å². The molecule has 1 N–H and O–H groups in total. The van der Waals surface area contributed by atoms with E-state index in [0.29, 0.717) is 10.8 Å². The minimum Gasteiger partial charge on any atom is -0.469 e. The Kier molecular flexibility index (Phi) is 6.59. The number of halogens is 1. The number of nitrogens with zero attached hydrogens (tertiary/aromatic N) is 3. The van der Waals surface area contributed by atoms with Gasteiger partial charge in [0.2, 0.25) is 0 Å². The fraction of sp³-hybridized carbons (Fsp3) is 0.368. The van der Waals surface area contributed by atoms with Crippen molar-refractivity contribution in [2.45, 2.75) is 31.2 Å². The van der Waals surface area contributed by atoms with Crippen molar-refractivity contribution in [3.63, 3.8) is 0 Å². The third-order valence-corrected chi connectivity index (χ3v) is 5.63. The zero-order valence-corrected chi connectivity index (χ0v) is 17.0. The van der Waals surface area contributed by atoms with E-state index >= 15 is 0 Å². The lowest BCUT2D eigenvalue weighted by Crippen LogP contribution is -2.19. The molecule has 8 heteroatoms. The minimum absolute atomic E-state index is 0.118. The van der Waals surface area contributed by atoms with Crippen LogP contribution in [0.15, 0.2) is 46.2 Å². The molecule has 0 amide bonds. The van der Waals surface area contributed by atoms with Gasteiger partial charge in [-0.15, -0.1) is 10.2 Å². The van der Waals surface area contributed by atoms with E-state index in [0.717, 1.165) is 27.9 Å². The predicted molar refractivity (Wildman–Crippen MR) is 106 cm³/mol. The topological polar surface area (TPSA) is 73.3 Å². The molecule has 0 fully saturated rings. The van der Waals surface area contributed by atoms with Crippen molar-refractivity contribution < 1.29 is 14.3 Å². The second-order valence-corrected chi connectivity index (χ2v) is 7.67. The zero-order chi connectivity index (χ0) is 19.4. The molecular weight excluding hydrogens is 386 g/mol. The summed E-state index contributed by atoms with van der Waals surface area (Å²) in [6, 6.07) is 9.38. The lowest BCUT2D eigenvalue weighted by atomic mass is 10.1. The van der Waals surface area contributed by atoms with E-state index < -0.39 is 6.10 Å². The number of aliphatic hydroxyl groups excluding tert-OH is 1. The van der Waals surface area contributed by atoms with Crippen molar-refractivity contribution in [3.05, 3.63) is 52.9 Å². The van der Waals surface area contributed by atoms with Crippen LogP contribution in [0, 0.1) is 6.92 Å². The summed E-state index contributed by atoms with van der Waals surface area (Å²) in [5.74, 6) is 2.00. The quantitative estimate of drug-likeness (QED) is 0.562. The summed E-state index contributed by atoms with van der Waals surface area (Å²) in [6.45, 7) is 4.08. The molecule has 0 spiro atoms. The van der Waals surface area contributed by atoms with Crippen LogP contribution >= 0.6 is 23.4 Å². The Morgan fingerprint density at radius 1 is 1.26 bits per heavy atom. The minimum atomic E-state index is -0.611. The number of thioether (sulfide) groups is 1. The molecule has 2 heterocycles. The Bertz CT molecular complexity index is 879. The molecule has 0 aliphatic carbocycles. The molecule has 2 aromatic heterocycles. The average molecular weight is 408 g/mol. The molecule has 3 rings (SSSR count). The number of aromatic nitrogens is 3. The van der Waals surface area contributed by atoms with Gasteiger partial charge in [0, 0.05) is 17.8 Å². The van der Waals surface area contributed by atoms with E-state index in [1.54, 1.807) is 6.26 Å². The molecule has 6 nitrogen and oxygen atoms in total. The highest BCUT2D eigenvalue weighted by Crippen LogP contribution is 2.26. The Morgan fingerprint density at radius 3 is 2.67 bits per heavy atom. The molecule has 0 radical (unpaired) electrons. The van der Waals surface area contributed by atoms with Crippen molar-refractivity contribution in [1.29, 1.82) is 0 Å². The van der Waals surface area contributed by atoms with Gasteiger partial charge >= 0.3 is 0 Å². The molecule has 3 aromatic rings. The number of hydrogen-bond acceptors (Lipinski definition) is 6. The maximum absolute atomic E-state index is 10.2. The third kappa shape index (κ3) is 4.93. The summed E-state index contributed by atoms with van der Waals surface area (Å²) in [5, 5.41) is 20.1. The van der Waals surface area contributed by atoms with Crippen LogP contribution < -0.4 is 0 Å².